The van der Waals surface area contributed by atoms with Gasteiger partial charge in [0.2, 0.25) is 5.95 Å². The van der Waals surface area contributed by atoms with Gasteiger partial charge in [-0.25, -0.2) is 9.97 Å². The second-order valence-electron chi connectivity index (χ2n) is 4.93. The van der Waals surface area contributed by atoms with Gasteiger partial charge in [-0.15, -0.1) is 0 Å². The number of hydrogen-bond acceptors (Lipinski definition) is 6. The monoisotopic (exact) mass is 309 g/mol. The average Bonchev–Trinajstić information content (AvgIpc) is 3.06. The van der Waals surface area contributed by atoms with Crippen LogP contribution in [0, 0.1) is 6.92 Å². The number of nitrogens with zero attached hydrogens (tertiary/aromatic N) is 3. The predicted molar refractivity (Wildman–Crippen MR) is 84.3 cm³/mol. The fourth-order valence-corrected chi connectivity index (χ4v) is 2.09. The number of nitrogens with two attached hydrogens (primary N) is 1. The number of pyridine rings is 1. The van der Waals surface area contributed by atoms with Gasteiger partial charge in [0.25, 0.3) is 5.91 Å². The molecule has 23 heavy (non-hydrogen) atoms. The molecule has 3 rings (SSSR count). The first kappa shape index (κ1) is 14.7. The van der Waals surface area contributed by atoms with Crippen molar-refractivity contribution in [2.75, 3.05) is 5.73 Å². The van der Waals surface area contributed by atoms with Crippen LogP contribution >= 0.6 is 0 Å². The van der Waals surface area contributed by atoms with E-state index in [1.807, 2.05) is 25.1 Å². The van der Waals surface area contributed by atoms with Crippen molar-refractivity contribution in [1.29, 1.82) is 0 Å². The number of nitrogens with one attached hydrogen (secondary N) is 1. The van der Waals surface area contributed by atoms with E-state index >= 15 is 0 Å². The molecule has 0 aliphatic carbocycles. The van der Waals surface area contributed by atoms with Gasteiger partial charge in [-0.05, 0) is 37.3 Å². The van der Waals surface area contributed by atoms with E-state index in [-0.39, 0.29) is 17.5 Å². The number of hydrogen-bond donors (Lipinski definition) is 2. The molecular formula is C16H15N5O2. The highest BCUT2D eigenvalue weighted by Crippen LogP contribution is 2.18. The summed E-state index contributed by atoms with van der Waals surface area (Å²) in [5.41, 5.74) is 7.97. The largest absolute Gasteiger partial charge is 0.463 e. The van der Waals surface area contributed by atoms with Crippen LogP contribution in [-0.2, 0) is 6.54 Å². The first-order valence-electron chi connectivity index (χ1n) is 7.01. The van der Waals surface area contributed by atoms with E-state index in [0.717, 1.165) is 11.4 Å². The topological polar surface area (TPSA) is 107 Å². The van der Waals surface area contributed by atoms with Crippen molar-refractivity contribution in [3.8, 4) is 11.5 Å². The van der Waals surface area contributed by atoms with Crippen molar-refractivity contribution in [3.05, 3.63) is 59.7 Å². The lowest BCUT2D eigenvalue weighted by molar-refractivity contribution is 0.0945. The number of carbonyl (C=O) groups is 1. The summed E-state index contributed by atoms with van der Waals surface area (Å²) in [5, 5.41) is 2.76. The zero-order valence-electron chi connectivity index (χ0n) is 12.5. The molecular weight excluding hydrogens is 294 g/mol. The van der Waals surface area contributed by atoms with E-state index in [0.29, 0.717) is 18.0 Å². The third-order valence-electron chi connectivity index (χ3n) is 3.13. The van der Waals surface area contributed by atoms with Gasteiger partial charge < -0.3 is 15.5 Å². The zero-order chi connectivity index (χ0) is 16.2. The molecule has 0 spiro atoms. The maximum Gasteiger partial charge on any atom is 0.270 e. The van der Waals surface area contributed by atoms with E-state index in [9.17, 15) is 4.79 Å². The number of amides is 1. The van der Waals surface area contributed by atoms with E-state index in [2.05, 4.69) is 20.3 Å². The van der Waals surface area contributed by atoms with Gasteiger partial charge in [0.05, 0.1) is 18.5 Å². The van der Waals surface area contributed by atoms with Crippen LogP contribution in [0.3, 0.4) is 0 Å². The highest BCUT2D eigenvalue weighted by molar-refractivity contribution is 5.93. The molecule has 0 atom stereocenters. The number of aromatic nitrogens is 3. The highest BCUT2D eigenvalue weighted by atomic mass is 16.3. The molecule has 0 radical (unpaired) electrons. The van der Waals surface area contributed by atoms with Gasteiger partial charge in [-0.1, -0.05) is 6.07 Å². The fourth-order valence-electron chi connectivity index (χ4n) is 2.09. The lowest BCUT2D eigenvalue weighted by atomic mass is 10.2. The van der Waals surface area contributed by atoms with Gasteiger partial charge in [0, 0.05) is 5.69 Å². The van der Waals surface area contributed by atoms with Crippen LogP contribution in [0.5, 0.6) is 0 Å². The van der Waals surface area contributed by atoms with E-state index in [1.165, 1.54) is 12.3 Å². The van der Waals surface area contributed by atoms with Gasteiger partial charge in [-0.2, -0.15) is 0 Å². The molecule has 7 heteroatoms. The second-order valence-corrected chi connectivity index (χ2v) is 4.93. The number of rotatable bonds is 4. The number of furan rings is 1. The molecule has 0 aliphatic heterocycles. The smallest absolute Gasteiger partial charge is 0.270 e. The Morgan fingerprint density at radius 2 is 2.09 bits per heavy atom. The van der Waals surface area contributed by atoms with Crippen LogP contribution in [0.4, 0.5) is 5.95 Å². The summed E-state index contributed by atoms with van der Waals surface area (Å²) in [6.07, 6.45) is 1.52. The lowest BCUT2D eigenvalue weighted by Crippen LogP contribution is -2.25. The van der Waals surface area contributed by atoms with Crippen LogP contribution in [-0.4, -0.2) is 20.9 Å². The van der Waals surface area contributed by atoms with E-state index in [4.69, 9.17) is 10.2 Å². The predicted octanol–water partition coefficient (Wildman–Crippen LogP) is 1.95. The minimum Gasteiger partial charge on any atom is -0.463 e. The Hall–Kier alpha value is -3.22. The number of anilines is 1. The Kier molecular flexibility index (Phi) is 4.01. The molecule has 3 heterocycles. The fraction of sp³-hybridized carbons (Fsp3) is 0.125. The highest BCUT2D eigenvalue weighted by Gasteiger charge is 2.13. The Labute approximate surface area is 132 Å². The van der Waals surface area contributed by atoms with Gasteiger partial charge in [-0.3, -0.25) is 9.78 Å². The van der Waals surface area contributed by atoms with Gasteiger partial charge >= 0.3 is 0 Å². The first-order valence-corrected chi connectivity index (χ1v) is 7.01. The van der Waals surface area contributed by atoms with Crippen molar-refractivity contribution < 1.29 is 9.21 Å². The molecule has 7 nitrogen and oxygen atoms in total. The molecule has 0 aromatic carbocycles. The number of carbonyl (C=O) groups excluding carboxylic acids is 1. The summed E-state index contributed by atoms with van der Waals surface area (Å²) >= 11 is 0. The Bertz CT molecular complexity index is 830. The molecule has 3 aromatic heterocycles. The summed E-state index contributed by atoms with van der Waals surface area (Å²) in [6, 6.07) is 10.6. The molecule has 1 amide bonds. The summed E-state index contributed by atoms with van der Waals surface area (Å²) in [5.74, 6) is 0.182. The van der Waals surface area contributed by atoms with Crippen LogP contribution in [0.25, 0.3) is 11.5 Å². The Balaban J connectivity index is 1.77. The van der Waals surface area contributed by atoms with Crippen LogP contribution in [0.15, 0.2) is 47.1 Å². The molecule has 3 N–H and O–H groups in total. The number of aryl methyl sites for hydroxylation is 1. The molecule has 0 saturated carbocycles. The minimum atomic E-state index is -0.352. The maximum atomic E-state index is 12.3. The third-order valence-corrected chi connectivity index (χ3v) is 3.13. The van der Waals surface area contributed by atoms with E-state index in [1.54, 1.807) is 12.1 Å². The average molecular weight is 309 g/mol. The SMILES string of the molecule is Cc1cccc(CNC(=O)c2cc(-c3ccco3)nc(N)n2)n1. The maximum absolute atomic E-state index is 12.3. The summed E-state index contributed by atoms with van der Waals surface area (Å²) in [7, 11) is 0. The lowest BCUT2D eigenvalue weighted by Gasteiger charge is -2.06. The molecule has 0 fully saturated rings. The van der Waals surface area contributed by atoms with Crippen LogP contribution < -0.4 is 11.1 Å². The van der Waals surface area contributed by atoms with Gasteiger partial charge in [0.1, 0.15) is 11.4 Å². The van der Waals surface area contributed by atoms with Gasteiger partial charge in [0.15, 0.2) is 5.76 Å². The van der Waals surface area contributed by atoms with Crippen molar-refractivity contribution >= 4 is 11.9 Å². The molecule has 0 unspecified atom stereocenters. The summed E-state index contributed by atoms with van der Waals surface area (Å²) in [6.45, 7) is 2.20. The van der Waals surface area contributed by atoms with Crippen molar-refractivity contribution in [2.24, 2.45) is 0 Å². The molecule has 0 bridgehead atoms. The standard InChI is InChI=1S/C16H15N5O2/c1-10-4-2-5-11(19-10)9-18-15(22)13-8-12(20-16(17)21-13)14-6-3-7-23-14/h2-8H,9H2,1H3,(H,18,22)(H2,17,20,21). The Morgan fingerprint density at radius 1 is 1.22 bits per heavy atom. The summed E-state index contributed by atoms with van der Waals surface area (Å²) < 4.78 is 5.26. The quantitative estimate of drug-likeness (QED) is 0.763. The summed E-state index contributed by atoms with van der Waals surface area (Å²) in [4.78, 5) is 24.6. The van der Waals surface area contributed by atoms with Crippen molar-refractivity contribution in [3.63, 3.8) is 0 Å². The van der Waals surface area contributed by atoms with Crippen molar-refractivity contribution in [2.45, 2.75) is 13.5 Å². The third kappa shape index (κ3) is 3.52. The van der Waals surface area contributed by atoms with E-state index < -0.39 is 0 Å². The molecule has 0 aliphatic rings. The van der Waals surface area contributed by atoms with Crippen LogP contribution in [0.2, 0.25) is 0 Å². The Morgan fingerprint density at radius 3 is 2.83 bits per heavy atom. The number of nitrogen functional groups attached to an aromatic ring is 1. The zero-order valence-corrected chi connectivity index (χ0v) is 12.5. The second kappa shape index (κ2) is 6.27. The van der Waals surface area contributed by atoms with Crippen LogP contribution in [0.1, 0.15) is 21.9 Å². The molecule has 116 valence electrons. The minimum absolute atomic E-state index is 0.0118. The first-order chi connectivity index (χ1) is 11.1. The van der Waals surface area contributed by atoms with Crippen molar-refractivity contribution in [1.82, 2.24) is 20.3 Å². The molecule has 0 saturated heterocycles. The molecule has 3 aromatic rings. The normalized spacial score (nSPS) is 10.5.